The SMILES string of the molecule is CNCCOc1ccc(Cl)cc1Br. The largest absolute Gasteiger partial charge is 0.491 e. The lowest BCUT2D eigenvalue weighted by Gasteiger charge is -2.07. The van der Waals surface area contributed by atoms with Gasteiger partial charge in [-0.2, -0.15) is 0 Å². The number of likely N-dealkylation sites (N-methyl/N-ethyl adjacent to an activating group) is 1. The highest BCUT2D eigenvalue weighted by Gasteiger charge is 2.00. The summed E-state index contributed by atoms with van der Waals surface area (Å²) >= 11 is 9.15. The number of benzene rings is 1. The molecule has 1 aromatic carbocycles. The summed E-state index contributed by atoms with van der Waals surface area (Å²) in [7, 11) is 1.89. The van der Waals surface area contributed by atoms with Gasteiger partial charge in [-0.15, -0.1) is 0 Å². The van der Waals surface area contributed by atoms with Crippen LogP contribution in [0.5, 0.6) is 5.75 Å². The van der Waals surface area contributed by atoms with Crippen LogP contribution in [0.3, 0.4) is 0 Å². The van der Waals surface area contributed by atoms with E-state index in [2.05, 4.69) is 21.2 Å². The molecule has 13 heavy (non-hydrogen) atoms. The first-order chi connectivity index (χ1) is 6.24. The number of nitrogens with one attached hydrogen (secondary N) is 1. The molecule has 0 saturated carbocycles. The molecule has 0 aliphatic heterocycles. The molecule has 0 bridgehead atoms. The molecule has 0 fully saturated rings. The van der Waals surface area contributed by atoms with Crippen LogP contribution in [0, 0.1) is 0 Å². The van der Waals surface area contributed by atoms with Gasteiger partial charge in [0.15, 0.2) is 0 Å². The van der Waals surface area contributed by atoms with Gasteiger partial charge >= 0.3 is 0 Å². The maximum absolute atomic E-state index is 5.78. The zero-order chi connectivity index (χ0) is 9.68. The molecule has 0 spiro atoms. The van der Waals surface area contributed by atoms with Crippen LogP contribution in [0.4, 0.5) is 0 Å². The Morgan fingerprint density at radius 2 is 2.31 bits per heavy atom. The van der Waals surface area contributed by atoms with E-state index in [9.17, 15) is 0 Å². The molecule has 4 heteroatoms. The Bertz CT molecular complexity index is 280. The van der Waals surface area contributed by atoms with Crippen LogP contribution in [0.2, 0.25) is 5.02 Å². The average Bonchev–Trinajstić information content (AvgIpc) is 2.09. The first kappa shape index (κ1) is 10.8. The molecule has 0 amide bonds. The van der Waals surface area contributed by atoms with Gasteiger partial charge in [0.05, 0.1) is 4.47 Å². The van der Waals surface area contributed by atoms with Crippen molar-refractivity contribution in [1.29, 1.82) is 0 Å². The van der Waals surface area contributed by atoms with Gasteiger partial charge in [0.25, 0.3) is 0 Å². The van der Waals surface area contributed by atoms with Gasteiger partial charge in [-0.05, 0) is 41.2 Å². The predicted molar refractivity (Wildman–Crippen MR) is 58.6 cm³/mol. The van der Waals surface area contributed by atoms with Crippen LogP contribution in [-0.4, -0.2) is 20.2 Å². The third-order valence-corrected chi connectivity index (χ3v) is 2.36. The van der Waals surface area contributed by atoms with E-state index < -0.39 is 0 Å². The Hall–Kier alpha value is -0.250. The Kier molecular flexibility index (Phi) is 4.56. The highest BCUT2D eigenvalue weighted by atomic mass is 79.9. The van der Waals surface area contributed by atoms with Gasteiger partial charge in [0, 0.05) is 11.6 Å². The van der Waals surface area contributed by atoms with Gasteiger partial charge in [0.1, 0.15) is 12.4 Å². The molecular formula is C9H11BrClNO. The molecule has 0 heterocycles. The fourth-order valence-corrected chi connectivity index (χ4v) is 1.65. The Morgan fingerprint density at radius 1 is 1.54 bits per heavy atom. The molecule has 72 valence electrons. The first-order valence-electron chi connectivity index (χ1n) is 3.96. The second-order valence-corrected chi connectivity index (χ2v) is 3.82. The van der Waals surface area contributed by atoms with Crippen LogP contribution in [0.1, 0.15) is 0 Å². The van der Waals surface area contributed by atoms with E-state index in [1.807, 2.05) is 19.2 Å². The molecule has 0 aliphatic carbocycles. The van der Waals surface area contributed by atoms with Crippen LogP contribution < -0.4 is 10.1 Å². The summed E-state index contributed by atoms with van der Waals surface area (Å²) in [5.41, 5.74) is 0. The molecule has 1 aromatic rings. The van der Waals surface area contributed by atoms with Crippen molar-refractivity contribution in [3.63, 3.8) is 0 Å². The standard InChI is InChI=1S/C9H11BrClNO/c1-12-4-5-13-9-3-2-7(11)6-8(9)10/h2-3,6,12H,4-5H2,1H3. The number of hydrogen-bond donors (Lipinski definition) is 1. The second-order valence-electron chi connectivity index (χ2n) is 2.53. The van der Waals surface area contributed by atoms with E-state index in [1.165, 1.54) is 0 Å². The fraction of sp³-hybridized carbons (Fsp3) is 0.333. The van der Waals surface area contributed by atoms with Gasteiger partial charge < -0.3 is 10.1 Å². The van der Waals surface area contributed by atoms with Crippen molar-refractivity contribution < 1.29 is 4.74 Å². The van der Waals surface area contributed by atoms with Gasteiger partial charge in [-0.3, -0.25) is 0 Å². The molecule has 0 radical (unpaired) electrons. The smallest absolute Gasteiger partial charge is 0.133 e. The lowest BCUT2D eigenvalue weighted by Crippen LogP contribution is -2.16. The molecular weight excluding hydrogens is 253 g/mol. The van der Waals surface area contributed by atoms with Crippen molar-refractivity contribution >= 4 is 27.5 Å². The Morgan fingerprint density at radius 3 is 2.92 bits per heavy atom. The predicted octanol–water partition coefficient (Wildman–Crippen LogP) is 2.70. The molecule has 1 N–H and O–H groups in total. The number of hydrogen-bond acceptors (Lipinski definition) is 2. The van der Waals surface area contributed by atoms with E-state index in [-0.39, 0.29) is 0 Å². The van der Waals surface area contributed by atoms with Crippen molar-refractivity contribution in [3.05, 3.63) is 27.7 Å². The van der Waals surface area contributed by atoms with E-state index >= 15 is 0 Å². The Labute approximate surface area is 91.4 Å². The van der Waals surface area contributed by atoms with Gasteiger partial charge in [0.2, 0.25) is 0 Å². The summed E-state index contributed by atoms with van der Waals surface area (Å²) in [5.74, 6) is 0.819. The number of rotatable bonds is 4. The maximum atomic E-state index is 5.78. The van der Waals surface area contributed by atoms with Gasteiger partial charge in [-0.1, -0.05) is 11.6 Å². The average molecular weight is 265 g/mol. The summed E-state index contributed by atoms with van der Waals surface area (Å²) < 4.78 is 6.35. The first-order valence-corrected chi connectivity index (χ1v) is 5.13. The minimum absolute atomic E-state index is 0.650. The molecule has 0 aromatic heterocycles. The van der Waals surface area contributed by atoms with Crippen molar-refractivity contribution in [2.75, 3.05) is 20.2 Å². The second kappa shape index (κ2) is 5.47. The normalized spacial score (nSPS) is 10.1. The summed E-state index contributed by atoms with van der Waals surface area (Å²) in [5, 5.41) is 3.70. The van der Waals surface area contributed by atoms with Crippen LogP contribution in [-0.2, 0) is 0 Å². The number of ether oxygens (including phenoxy) is 1. The zero-order valence-corrected chi connectivity index (χ0v) is 9.65. The summed E-state index contributed by atoms with van der Waals surface area (Å²) in [6, 6.07) is 5.47. The van der Waals surface area contributed by atoms with Crippen LogP contribution in [0.15, 0.2) is 22.7 Å². The quantitative estimate of drug-likeness (QED) is 0.844. The molecule has 1 rings (SSSR count). The van der Waals surface area contributed by atoms with Crippen molar-refractivity contribution in [3.8, 4) is 5.75 Å². The summed E-state index contributed by atoms with van der Waals surface area (Å²) in [6.07, 6.45) is 0. The third kappa shape index (κ3) is 3.55. The molecule has 0 aliphatic rings. The molecule has 0 saturated heterocycles. The van der Waals surface area contributed by atoms with E-state index in [0.717, 1.165) is 16.8 Å². The lowest BCUT2D eigenvalue weighted by molar-refractivity contribution is 0.316. The summed E-state index contributed by atoms with van der Waals surface area (Å²) in [4.78, 5) is 0. The molecule has 2 nitrogen and oxygen atoms in total. The van der Waals surface area contributed by atoms with E-state index in [1.54, 1.807) is 6.07 Å². The van der Waals surface area contributed by atoms with E-state index in [0.29, 0.717) is 11.6 Å². The summed E-state index contributed by atoms with van der Waals surface area (Å²) in [6.45, 7) is 1.48. The number of halogens is 2. The van der Waals surface area contributed by atoms with Crippen molar-refractivity contribution in [2.45, 2.75) is 0 Å². The van der Waals surface area contributed by atoms with Crippen molar-refractivity contribution in [2.24, 2.45) is 0 Å². The Balaban J connectivity index is 2.56. The third-order valence-electron chi connectivity index (χ3n) is 1.50. The van der Waals surface area contributed by atoms with Crippen LogP contribution >= 0.6 is 27.5 Å². The molecule has 0 unspecified atom stereocenters. The zero-order valence-electron chi connectivity index (χ0n) is 7.31. The molecule has 0 atom stereocenters. The highest BCUT2D eigenvalue weighted by molar-refractivity contribution is 9.10. The fourth-order valence-electron chi connectivity index (χ4n) is 0.855. The van der Waals surface area contributed by atoms with Crippen LogP contribution in [0.25, 0.3) is 0 Å². The minimum Gasteiger partial charge on any atom is -0.491 e. The lowest BCUT2D eigenvalue weighted by atomic mass is 10.3. The van der Waals surface area contributed by atoms with E-state index in [4.69, 9.17) is 16.3 Å². The topological polar surface area (TPSA) is 21.3 Å². The highest BCUT2D eigenvalue weighted by Crippen LogP contribution is 2.27. The maximum Gasteiger partial charge on any atom is 0.133 e. The minimum atomic E-state index is 0.650. The monoisotopic (exact) mass is 263 g/mol. The van der Waals surface area contributed by atoms with Gasteiger partial charge in [-0.25, -0.2) is 0 Å². The van der Waals surface area contributed by atoms with Crippen molar-refractivity contribution in [1.82, 2.24) is 5.32 Å².